The SMILES string of the molecule is C/C(=N/NC(=O)C(C)Oc1ccc(Cl)cc1C)c1cccc(NC(=O)c2ccc(Cl)cc2Cl)c1. The molecule has 0 aromatic heterocycles. The zero-order chi connectivity index (χ0) is 24.8. The standard InChI is InChI=1S/C25H22Cl3N3O3/c1-14-11-18(26)8-10-23(14)34-16(3)24(32)31-30-15(2)17-5-4-6-20(12-17)29-25(33)21-9-7-19(27)13-22(21)28/h4-13,16H,1-3H3,(H,29,33)(H,31,32)/b30-15-. The summed E-state index contributed by atoms with van der Waals surface area (Å²) in [4.78, 5) is 25.0. The minimum Gasteiger partial charge on any atom is -0.481 e. The van der Waals surface area contributed by atoms with Crippen molar-refractivity contribution in [1.29, 1.82) is 0 Å². The summed E-state index contributed by atoms with van der Waals surface area (Å²) in [5, 5.41) is 8.25. The third-order valence-electron chi connectivity index (χ3n) is 4.86. The lowest BCUT2D eigenvalue weighted by atomic mass is 10.1. The summed E-state index contributed by atoms with van der Waals surface area (Å²) in [6.45, 7) is 5.22. The summed E-state index contributed by atoms with van der Waals surface area (Å²) in [6, 6.07) is 16.9. The molecule has 3 aromatic rings. The number of hydrazone groups is 1. The molecule has 6 nitrogen and oxygen atoms in total. The Kier molecular flexibility index (Phi) is 8.56. The van der Waals surface area contributed by atoms with Gasteiger partial charge in [-0.2, -0.15) is 5.10 Å². The molecule has 0 heterocycles. The molecule has 2 N–H and O–H groups in total. The summed E-state index contributed by atoms with van der Waals surface area (Å²) in [5.74, 6) is -0.210. The summed E-state index contributed by atoms with van der Waals surface area (Å²) < 4.78 is 5.72. The van der Waals surface area contributed by atoms with Gasteiger partial charge >= 0.3 is 0 Å². The Bertz CT molecular complexity index is 1260. The first kappa shape index (κ1) is 25.6. The van der Waals surface area contributed by atoms with Crippen LogP contribution in [-0.4, -0.2) is 23.6 Å². The molecule has 0 radical (unpaired) electrons. The molecule has 1 unspecified atom stereocenters. The molecule has 0 bridgehead atoms. The van der Waals surface area contributed by atoms with Crippen LogP contribution in [0.3, 0.4) is 0 Å². The number of benzene rings is 3. The second-order valence-electron chi connectivity index (χ2n) is 7.50. The van der Waals surface area contributed by atoms with Gasteiger partial charge in [-0.05, 0) is 80.4 Å². The van der Waals surface area contributed by atoms with Crippen molar-refractivity contribution in [3.8, 4) is 5.75 Å². The molecule has 0 aliphatic heterocycles. The highest BCUT2D eigenvalue weighted by atomic mass is 35.5. The quantitative estimate of drug-likeness (QED) is 0.276. The largest absolute Gasteiger partial charge is 0.481 e. The first-order valence-corrected chi connectivity index (χ1v) is 11.4. The summed E-state index contributed by atoms with van der Waals surface area (Å²) >= 11 is 18.0. The minimum absolute atomic E-state index is 0.256. The summed E-state index contributed by atoms with van der Waals surface area (Å²) in [5.41, 5.74) is 5.44. The maximum absolute atomic E-state index is 12.6. The van der Waals surface area contributed by atoms with Crippen LogP contribution in [0, 0.1) is 6.92 Å². The zero-order valence-electron chi connectivity index (χ0n) is 18.7. The van der Waals surface area contributed by atoms with E-state index in [-0.39, 0.29) is 10.9 Å². The molecule has 0 fully saturated rings. The van der Waals surface area contributed by atoms with Gasteiger partial charge in [0.05, 0.1) is 16.3 Å². The predicted octanol–water partition coefficient (Wildman–Crippen LogP) is 6.52. The second kappa shape index (κ2) is 11.4. The van der Waals surface area contributed by atoms with Crippen molar-refractivity contribution < 1.29 is 14.3 Å². The molecule has 3 rings (SSSR count). The number of amides is 2. The number of hydrogen-bond donors (Lipinski definition) is 2. The Morgan fingerprint density at radius 2 is 1.68 bits per heavy atom. The average Bonchev–Trinajstić information content (AvgIpc) is 2.79. The number of carbonyl (C=O) groups is 2. The number of nitrogens with zero attached hydrogens (tertiary/aromatic N) is 1. The van der Waals surface area contributed by atoms with E-state index in [2.05, 4.69) is 15.8 Å². The fourth-order valence-corrected chi connectivity index (χ4v) is 3.70. The van der Waals surface area contributed by atoms with Crippen LogP contribution in [0.4, 0.5) is 5.69 Å². The molecule has 0 aliphatic carbocycles. The van der Waals surface area contributed by atoms with Gasteiger partial charge in [0.25, 0.3) is 11.8 Å². The molecule has 2 amide bonds. The van der Waals surface area contributed by atoms with Crippen LogP contribution in [0.2, 0.25) is 15.1 Å². The van der Waals surface area contributed by atoms with Crippen molar-refractivity contribution >= 4 is 58.0 Å². The van der Waals surface area contributed by atoms with Gasteiger partial charge in [0.15, 0.2) is 6.10 Å². The number of hydrogen-bond acceptors (Lipinski definition) is 4. The number of ether oxygens (including phenoxy) is 1. The van der Waals surface area contributed by atoms with Gasteiger partial charge in [0.1, 0.15) is 5.75 Å². The van der Waals surface area contributed by atoms with Crippen molar-refractivity contribution in [2.75, 3.05) is 5.32 Å². The van der Waals surface area contributed by atoms with E-state index < -0.39 is 12.0 Å². The van der Waals surface area contributed by atoms with Crippen molar-refractivity contribution in [1.82, 2.24) is 5.43 Å². The van der Waals surface area contributed by atoms with E-state index >= 15 is 0 Å². The van der Waals surface area contributed by atoms with Crippen molar-refractivity contribution in [3.05, 3.63) is 92.4 Å². The molecule has 0 saturated heterocycles. The van der Waals surface area contributed by atoms with Crippen LogP contribution >= 0.6 is 34.8 Å². The van der Waals surface area contributed by atoms with Gasteiger partial charge in [-0.3, -0.25) is 9.59 Å². The monoisotopic (exact) mass is 517 g/mol. The highest BCUT2D eigenvalue weighted by molar-refractivity contribution is 6.37. The fraction of sp³-hybridized carbons (Fsp3) is 0.160. The van der Waals surface area contributed by atoms with Gasteiger partial charge in [-0.25, -0.2) is 5.43 Å². The minimum atomic E-state index is -0.772. The van der Waals surface area contributed by atoms with E-state index in [4.69, 9.17) is 39.5 Å². The predicted molar refractivity (Wildman–Crippen MR) is 137 cm³/mol. The zero-order valence-corrected chi connectivity index (χ0v) is 20.9. The summed E-state index contributed by atoms with van der Waals surface area (Å²) in [6.07, 6.45) is -0.772. The van der Waals surface area contributed by atoms with E-state index in [0.29, 0.717) is 38.3 Å². The topological polar surface area (TPSA) is 79.8 Å². The van der Waals surface area contributed by atoms with Crippen LogP contribution in [0.25, 0.3) is 0 Å². The van der Waals surface area contributed by atoms with Crippen LogP contribution in [0.1, 0.15) is 35.3 Å². The number of carbonyl (C=O) groups excluding carboxylic acids is 2. The van der Waals surface area contributed by atoms with E-state index in [9.17, 15) is 9.59 Å². The highest BCUT2D eigenvalue weighted by Crippen LogP contribution is 2.24. The molecule has 0 aliphatic rings. The van der Waals surface area contributed by atoms with E-state index in [0.717, 1.165) is 5.56 Å². The molecule has 34 heavy (non-hydrogen) atoms. The molecule has 9 heteroatoms. The van der Waals surface area contributed by atoms with Gasteiger partial charge < -0.3 is 10.1 Å². The van der Waals surface area contributed by atoms with Gasteiger partial charge in [-0.15, -0.1) is 0 Å². The lowest BCUT2D eigenvalue weighted by Crippen LogP contribution is -2.34. The van der Waals surface area contributed by atoms with Crippen LogP contribution < -0.4 is 15.5 Å². The van der Waals surface area contributed by atoms with Crippen LogP contribution in [-0.2, 0) is 4.79 Å². The number of anilines is 1. The van der Waals surface area contributed by atoms with Crippen LogP contribution in [0.15, 0.2) is 65.8 Å². The number of halogens is 3. The van der Waals surface area contributed by atoms with E-state index in [1.54, 1.807) is 62.4 Å². The molecular weight excluding hydrogens is 497 g/mol. The second-order valence-corrected chi connectivity index (χ2v) is 8.78. The van der Waals surface area contributed by atoms with Gasteiger partial charge in [0.2, 0.25) is 0 Å². The maximum Gasteiger partial charge on any atom is 0.280 e. The third kappa shape index (κ3) is 6.73. The average molecular weight is 519 g/mol. The lowest BCUT2D eigenvalue weighted by molar-refractivity contribution is -0.127. The molecule has 3 aromatic carbocycles. The van der Waals surface area contributed by atoms with Crippen molar-refractivity contribution in [2.45, 2.75) is 26.9 Å². The van der Waals surface area contributed by atoms with Gasteiger partial charge in [0, 0.05) is 15.7 Å². The van der Waals surface area contributed by atoms with Gasteiger partial charge in [-0.1, -0.05) is 46.9 Å². The van der Waals surface area contributed by atoms with Crippen LogP contribution in [0.5, 0.6) is 5.75 Å². The Morgan fingerprint density at radius 1 is 0.971 bits per heavy atom. The molecule has 1 atom stereocenters. The number of rotatable bonds is 7. The molecular formula is C25H22Cl3N3O3. The normalized spacial score (nSPS) is 12.1. The smallest absolute Gasteiger partial charge is 0.280 e. The Labute approximate surface area is 212 Å². The highest BCUT2D eigenvalue weighted by Gasteiger charge is 2.16. The van der Waals surface area contributed by atoms with E-state index in [1.807, 2.05) is 13.0 Å². The van der Waals surface area contributed by atoms with Crippen molar-refractivity contribution in [2.24, 2.45) is 5.10 Å². The maximum atomic E-state index is 12.6. The number of aryl methyl sites for hydroxylation is 1. The Morgan fingerprint density at radius 3 is 2.38 bits per heavy atom. The first-order valence-electron chi connectivity index (χ1n) is 10.3. The van der Waals surface area contributed by atoms with Crippen molar-refractivity contribution in [3.63, 3.8) is 0 Å². The first-order chi connectivity index (χ1) is 16.1. The number of nitrogens with one attached hydrogen (secondary N) is 2. The fourth-order valence-electron chi connectivity index (χ4n) is 2.98. The molecule has 0 spiro atoms. The molecule has 176 valence electrons. The third-order valence-corrected chi connectivity index (χ3v) is 5.64. The molecule has 0 saturated carbocycles. The Balaban J connectivity index is 1.64. The van der Waals surface area contributed by atoms with E-state index in [1.165, 1.54) is 6.07 Å². The Hall–Kier alpha value is -3.06. The lowest BCUT2D eigenvalue weighted by Gasteiger charge is -2.15. The summed E-state index contributed by atoms with van der Waals surface area (Å²) in [7, 11) is 0.